The Morgan fingerprint density at radius 2 is 1.71 bits per heavy atom. The molecule has 2 atom stereocenters. The number of hydrogen-bond acceptors (Lipinski definition) is 1. The van der Waals surface area contributed by atoms with E-state index in [9.17, 15) is 4.79 Å². The molecule has 1 aromatic rings. The van der Waals surface area contributed by atoms with Crippen LogP contribution in [0.3, 0.4) is 0 Å². The molecule has 0 unspecified atom stereocenters. The fourth-order valence-corrected chi connectivity index (χ4v) is 6.26. The summed E-state index contributed by atoms with van der Waals surface area (Å²) < 4.78 is 0.109. The largest absolute Gasteiger partial charge is 0.299 e. The Balaban J connectivity index is 2.96. The van der Waals surface area contributed by atoms with E-state index in [0.717, 1.165) is 12.8 Å². The first kappa shape index (κ1) is 18.9. The number of benzene rings is 1. The summed E-state index contributed by atoms with van der Waals surface area (Å²) in [5.41, 5.74) is 1.58. The Morgan fingerprint density at radius 3 is 2.14 bits per heavy atom. The highest BCUT2D eigenvalue weighted by molar-refractivity contribution is 14.1. The van der Waals surface area contributed by atoms with Crippen molar-refractivity contribution in [1.29, 1.82) is 0 Å². The number of carbonyl (C=O) groups is 1. The SMILES string of the molecule is C[C@H](I)C(=O)[C@H](CCc1ccccc1)[Si](C)(C)C(C)(C)C. The fourth-order valence-electron chi connectivity index (χ4n) is 2.61. The molecule has 0 fully saturated rings. The van der Waals surface area contributed by atoms with Crippen molar-refractivity contribution >= 4 is 36.4 Å². The second kappa shape index (κ2) is 7.40. The van der Waals surface area contributed by atoms with Crippen LogP contribution < -0.4 is 0 Å². The van der Waals surface area contributed by atoms with Crippen LogP contribution in [0.5, 0.6) is 0 Å². The predicted octanol–water partition coefficient (Wildman–Crippen LogP) is 5.89. The van der Waals surface area contributed by atoms with Gasteiger partial charge in [0.25, 0.3) is 0 Å². The van der Waals surface area contributed by atoms with Crippen molar-refractivity contribution in [3.8, 4) is 0 Å². The summed E-state index contributed by atoms with van der Waals surface area (Å²) in [6.07, 6.45) is 2.00. The maximum Gasteiger partial charge on any atom is 0.145 e. The Labute approximate surface area is 145 Å². The molecule has 3 heteroatoms. The highest BCUT2D eigenvalue weighted by Crippen LogP contribution is 2.46. The molecule has 1 rings (SSSR count). The summed E-state index contributed by atoms with van der Waals surface area (Å²) in [5, 5.41) is 0.246. The molecule has 0 aliphatic carbocycles. The third-order valence-corrected chi connectivity index (χ3v) is 11.9. The van der Waals surface area contributed by atoms with E-state index in [-0.39, 0.29) is 14.5 Å². The molecule has 0 spiro atoms. The molecule has 0 N–H and O–H groups in total. The zero-order valence-corrected chi connectivity index (χ0v) is 17.4. The van der Waals surface area contributed by atoms with E-state index < -0.39 is 8.07 Å². The number of rotatable bonds is 6. The van der Waals surface area contributed by atoms with Gasteiger partial charge in [-0.25, -0.2) is 0 Å². The van der Waals surface area contributed by atoms with Crippen LogP contribution in [0.15, 0.2) is 30.3 Å². The summed E-state index contributed by atoms with van der Waals surface area (Å²) in [6, 6.07) is 10.5. The molecule has 0 amide bonds. The van der Waals surface area contributed by atoms with Crippen LogP contribution in [0, 0.1) is 0 Å². The van der Waals surface area contributed by atoms with E-state index in [1.54, 1.807) is 0 Å². The number of carbonyl (C=O) groups excluding carboxylic acids is 1. The average molecular weight is 416 g/mol. The molecule has 1 aromatic carbocycles. The van der Waals surface area contributed by atoms with Crippen LogP contribution in [-0.4, -0.2) is 17.8 Å². The molecule has 118 valence electrons. The fraction of sp³-hybridized carbons (Fsp3) is 0.611. The van der Waals surface area contributed by atoms with Crippen molar-refractivity contribution < 1.29 is 4.79 Å². The lowest BCUT2D eigenvalue weighted by Crippen LogP contribution is -2.46. The van der Waals surface area contributed by atoms with Gasteiger partial charge in [-0.3, -0.25) is 4.79 Å². The predicted molar refractivity (Wildman–Crippen MR) is 104 cm³/mol. The van der Waals surface area contributed by atoms with Crippen LogP contribution in [-0.2, 0) is 11.2 Å². The summed E-state index contributed by atoms with van der Waals surface area (Å²) in [7, 11) is -1.67. The number of ketones is 1. The molecule has 0 radical (unpaired) electrons. The Kier molecular flexibility index (Phi) is 6.66. The van der Waals surface area contributed by atoms with Crippen LogP contribution >= 0.6 is 22.6 Å². The number of Topliss-reactive ketones (excluding diaryl/α,β-unsaturated/α-hetero) is 1. The number of aryl methyl sites for hydroxylation is 1. The van der Waals surface area contributed by atoms with E-state index in [1.807, 2.05) is 13.0 Å². The lowest BCUT2D eigenvalue weighted by Gasteiger charge is -2.43. The zero-order chi connectivity index (χ0) is 16.3. The summed E-state index contributed by atoms with van der Waals surface area (Å²) in [6.45, 7) is 13.7. The van der Waals surface area contributed by atoms with Crippen LogP contribution in [0.4, 0.5) is 0 Å². The van der Waals surface area contributed by atoms with Gasteiger partial charge < -0.3 is 0 Å². The van der Waals surface area contributed by atoms with Gasteiger partial charge in [-0.15, -0.1) is 0 Å². The summed E-state index contributed by atoms with van der Waals surface area (Å²) >= 11 is 2.28. The third-order valence-electron chi connectivity index (χ3n) is 5.10. The first-order chi connectivity index (χ1) is 9.57. The second-order valence-electron chi connectivity index (χ2n) is 7.57. The molecule has 0 aromatic heterocycles. The van der Waals surface area contributed by atoms with Crippen molar-refractivity contribution in [2.75, 3.05) is 0 Å². The normalized spacial score (nSPS) is 15.6. The van der Waals surface area contributed by atoms with Gasteiger partial charge in [0.05, 0.1) is 12.0 Å². The molecular formula is C18H29IOSi. The maximum absolute atomic E-state index is 12.8. The van der Waals surface area contributed by atoms with Crippen LogP contribution in [0.25, 0.3) is 0 Å². The molecule has 0 saturated heterocycles. The van der Waals surface area contributed by atoms with Crippen molar-refractivity contribution in [3.05, 3.63) is 35.9 Å². The van der Waals surface area contributed by atoms with Crippen molar-refractivity contribution in [3.63, 3.8) is 0 Å². The van der Waals surface area contributed by atoms with E-state index in [0.29, 0.717) is 5.78 Å². The quantitative estimate of drug-likeness (QED) is 0.321. The first-order valence-electron chi connectivity index (χ1n) is 7.79. The smallest absolute Gasteiger partial charge is 0.145 e. The van der Waals surface area contributed by atoms with Gasteiger partial charge in [-0.2, -0.15) is 0 Å². The van der Waals surface area contributed by atoms with Gasteiger partial charge >= 0.3 is 0 Å². The van der Waals surface area contributed by atoms with Crippen molar-refractivity contribution in [1.82, 2.24) is 0 Å². The van der Waals surface area contributed by atoms with E-state index in [2.05, 4.69) is 80.7 Å². The molecular weight excluding hydrogens is 387 g/mol. The van der Waals surface area contributed by atoms with Gasteiger partial charge in [0.15, 0.2) is 0 Å². The minimum absolute atomic E-state index is 0.109. The minimum Gasteiger partial charge on any atom is -0.299 e. The molecule has 0 heterocycles. The lowest BCUT2D eigenvalue weighted by atomic mass is 10.1. The Morgan fingerprint density at radius 1 is 1.19 bits per heavy atom. The molecule has 0 bridgehead atoms. The van der Waals surface area contributed by atoms with Gasteiger partial charge in [0.2, 0.25) is 0 Å². The number of alkyl halides is 1. The van der Waals surface area contributed by atoms with Crippen LogP contribution in [0.2, 0.25) is 23.7 Å². The van der Waals surface area contributed by atoms with Gasteiger partial charge in [0, 0.05) is 5.54 Å². The number of hydrogen-bond donors (Lipinski definition) is 0. The lowest BCUT2D eigenvalue weighted by molar-refractivity contribution is -0.118. The van der Waals surface area contributed by atoms with Crippen LogP contribution in [0.1, 0.15) is 39.7 Å². The maximum atomic E-state index is 12.8. The van der Waals surface area contributed by atoms with E-state index >= 15 is 0 Å². The monoisotopic (exact) mass is 416 g/mol. The molecule has 0 saturated carbocycles. The topological polar surface area (TPSA) is 17.1 Å². The Bertz CT molecular complexity index is 460. The zero-order valence-electron chi connectivity index (χ0n) is 14.2. The van der Waals surface area contributed by atoms with Gasteiger partial charge in [0.1, 0.15) is 5.78 Å². The van der Waals surface area contributed by atoms with Gasteiger partial charge in [-0.05, 0) is 30.4 Å². The van der Waals surface area contributed by atoms with Gasteiger partial charge in [-0.1, -0.05) is 86.8 Å². The second-order valence-corrected chi connectivity index (χ2v) is 15.1. The highest BCUT2D eigenvalue weighted by Gasteiger charge is 2.45. The van der Waals surface area contributed by atoms with Crippen molar-refractivity contribution in [2.45, 2.75) is 68.1 Å². The first-order valence-corrected chi connectivity index (χ1v) is 12.1. The molecule has 21 heavy (non-hydrogen) atoms. The highest BCUT2D eigenvalue weighted by atomic mass is 127. The van der Waals surface area contributed by atoms with E-state index in [4.69, 9.17) is 0 Å². The standard InChI is InChI=1S/C18H29IOSi/c1-14(19)17(20)16(21(5,6)18(2,3)4)13-12-15-10-8-7-9-11-15/h7-11,14,16H,12-13H2,1-6H3/t14-,16-/m0/s1. The summed E-state index contributed by atoms with van der Waals surface area (Å²) in [4.78, 5) is 12.8. The number of halogens is 1. The third kappa shape index (κ3) is 4.91. The van der Waals surface area contributed by atoms with E-state index in [1.165, 1.54) is 5.56 Å². The average Bonchev–Trinajstić information content (AvgIpc) is 2.38. The summed E-state index contributed by atoms with van der Waals surface area (Å²) in [5.74, 6) is 0.457. The molecule has 0 aliphatic heterocycles. The Hall–Kier alpha value is -0.163. The minimum atomic E-state index is -1.67. The molecule has 0 aliphatic rings. The van der Waals surface area contributed by atoms with Crippen molar-refractivity contribution in [2.24, 2.45) is 0 Å². The molecule has 1 nitrogen and oxygen atoms in total.